The minimum atomic E-state index is -0.842. The molecule has 0 unspecified atom stereocenters. The third-order valence-corrected chi connectivity index (χ3v) is 6.76. The molecular formula is C24H35N3O4. The lowest BCUT2D eigenvalue weighted by Gasteiger charge is -2.35. The zero-order valence-electron chi connectivity index (χ0n) is 18.8. The number of hydrogen-bond acceptors (Lipinski definition) is 4. The van der Waals surface area contributed by atoms with Crippen LogP contribution in [0.2, 0.25) is 0 Å². The largest absolute Gasteiger partial charge is 0.452 e. The average Bonchev–Trinajstić information content (AvgIpc) is 2.77. The number of piperidine rings is 1. The van der Waals surface area contributed by atoms with Crippen LogP contribution in [0.4, 0.5) is 10.5 Å². The lowest BCUT2D eigenvalue weighted by molar-refractivity contribution is -0.160. The molecule has 1 aliphatic heterocycles. The molecular weight excluding hydrogens is 394 g/mol. The standard InChI is InChI=1S/C24H35N3O4/c1-16-9-7-13-21(17(16)2)26-22(28)18(3)31-23(29)19-10-8-14-27(15-19)24(30)25-20-11-5-4-6-12-20/h4-6,11-12,16-19,21H,7-10,13-15H2,1-3H3,(H,25,30)(H,26,28)/t16-,17-,18+,19-,21-/m1/s1. The van der Waals surface area contributed by atoms with E-state index < -0.39 is 18.0 Å². The molecule has 0 spiro atoms. The van der Waals surface area contributed by atoms with Gasteiger partial charge in [0.15, 0.2) is 6.10 Å². The highest BCUT2D eigenvalue weighted by molar-refractivity contribution is 5.90. The number of anilines is 1. The predicted octanol–water partition coefficient (Wildman–Crippen LogP) is 3.80. The molecule has 0 bridgehead atoms. The number of rotatable bonds is 5. The van der Waals surface area contributed by atoms with Crippen LogP contribution in [-0.2, 0) is 14.3 Å². The first-order valence-electron chi connectivity index (χ1n) is 11.5. The van der Waals surface area contributed by atoms with E-state index in [1.165, 1.54) is 6.42 Å². The van der Waals surface area contributed by atoms with E-state index in [0.717, 1.165) is 19.3 Å². The summed E-state index contributed by atoms with van der Waals surface area (Å²) in [5.74, 6) is -0.0827. The lowest BCUT2D eigenvalue weighted by Crippen LogP contribution is -2.49. The van der Waals surface area contributed by atoms with Crippen LogP contribution in [0.1, 0.15) is 52.9 Å². The van der Waals surface area contributed by atoms with Crippen LogP contribution in [0.3, 0.4) is 0 Å². The van der Waals surface area contributed by atoms with Crippen molar-refractivity contribution in [1.82, 2.24) is 10.2 Å². The van der Waals surface area contributed by atoms with Crippen molar-refractivity contribution in [2.24, 2.45) is 17.8 Å². The maximum absolute atomic E-state index is 12.7. The number of urea groups is 1. The maximum Gasteiger partial charge on any atom is 0.321 e. The molecule has 3 rings (SSSR count). The number of benzene rings is 1. The van der Waals surface area contributed by atoms with Crippen molar-refractivity contribution in [1.29, 1.82) is 0 Å². The first kappa shape index (κ1) is 23.1. The Kier molecular flexibility index (Phi) is 7.93. The zero-order chi connectivity index (χ0) is 22.4. The minimum absolute atomic E-state index is 0.129. The molecule has 7 nitrogen and oxygen atoms in total. The van der Waals surface area contributed by atoms with Gasteiger partial charge in [-0.25, -0.2) is 4.79 Å². The molecule has 1 aromatic carbocycles. The normalized spacial score (nSPS) is 27.1. The van der Waals surface area contributed by atoms with Crippen molar-refractivity contribution >= 4 is 23.6 Å². The number of carbonyl (C=O) groups is 3. The Morgan fingerprint density at radius 2 is 1.81 bits per heavy atom. The summed E-state index contributed by atoms with van der Waals surface area (Å²) in [6, 6.07) is 9.14. The van der Waals surface area contributed by atoms with Gasteiger partial charge in [0.25, 0.3) is 5.91 Å². The van der Waals surface area contributed by atoms with Gasteiger partial charge < -0.3 is 20.3 Å². The fraction of sp³-hybridized carbons (Fsp3) is 0.625. The number of hydrogen-bond donors (Lipinski definition) is 2. The van der Waals surface area contributed by atoms with E-state index in [-0.39, 0.29) is 18.0 Å². The summed E-state index contributed by atoms with van der Waals surface area (Å²) in [4.78, 5) is 39.5. The van der Waals surface area contributed by atoms with E-state index in [1.807, 2.05) is 30.3 Å². The quantitative estimate of drug-likeness (QED) is 0.697. The summed E-state index contributed by atoms with van der Waals surface area (Å²) < 4.78 is 5.49. The van der Waals surface area contributed by atoms with Crippen LogP contribution in [0.15, 0.2) is 30.3 Å². The summed E-state index contributed by atoms with van der Waals surface area (Å²) in [5.41, 5.74) is 0.716. The molecule has 2 N–H and O–H groups in total. The molecule has 170 valence electrons. The average molecular weight is 430 g/mol. The topological polar surface area (TPSA) is 87.7 Å². The lowest BCUT2D eigenvalue weighted by atomic mass is 9.78. The molecule has 2 fully saturated rings. The van der Waals surface area contributed by atoms with Crippen LogP contribution in [0.5, 0.6) is 0 Å². The second-order valence-corrected chi connectivity index (χ2v) is 9.04. The van der Waals surface area contributed by atoms with Crippen molar-refractivity contribution in [3.63, 3.8) is 0 Å². The van der Waals surface area contributed by atoms with E-state index in [4.69, 9.17) is 4.74 Å². The Balaban J connectivity index is 1.48. The van der Waals surface area contributed by atoms with E-state index >= 15 is 0 Å². The highest BCUT2D eigenvalue weighted by Gasteiger charge is 2.33. The van der Waals surface area contributed by atoms with Crippen molar-refractivity contribution in [3.8, 4) is 0 Å². The van der Waals surface area contributed by atoms with E-state index in [1.54, 1.807) is 11.8 Å². The molecule has 5 atom stereocenters. The maximum atomic E-state index is 12.7. The number of amides is 3. The highest BCUT2D eigenvalue weighted by atomic mass is 16.5. The third kappa shape index (κ3) is 6.21. The smallest absolute Gasteiger partial charge is 0.321 e. The molecule has 1 aliphatic carbocycles. The Morgan fingerprint density at radius 1 is 1.06 bits per heavy atom. The second kappa shape index (κ2) is 10.6. The Morgan fingerprint density at radius 3 is 2.55 bits per heavy atom. The van der Waals surface area contributed by atoms with Crippen LogP contribution in [-0.4, -0.2) is 48.0 Å². The minimum Gasteiger partial charge on any atom is -0.452 e. The predicted molar refractivity (Wildman–Crippen MR) is 119 cm³/mol. The third-order valence-electron chi connectivity index (χ3n) is 6.76. The molecule has 0 aromatic heterocycles. The summed E-state index contributed by atoms with van der Waals surface area (Å²) >= 11 is 0. The van der Waals surface area contributed by atoms with E-state index in [9.17, 15) is 14.4 Å². The molecule has 1 aromatic rings. The van der Waals surface area contributed by atoms with Crippen molar-refractivity contribution < 1.29 is 19.1 Å². The number of para-hydroxylation sites is 1. The zero-order valence-corrected chi connectivity index (χ0v) is 18.8. The van der Waals surface area contributed by atoms with Crippen LogP contribution in [0, 0.1) is 17.8 Å². The molecule has 2 aliphatic rings. The second-order valence-electron chi connectivity index (χ2n) is 9.04. The van der Waals surface area contributed by atoms with Crippen LogP contribution in [0.25, 0.3) is 0 Å². The van der Waals surface area contributed by atoms with Gasteiger partial charge >= 0.3 is 12.0 Å². The van der Waals surface area contributed by atoms with E-state index in [0.29, 0.717) is 37.0 Å². The van der Waals surface area contributed by atoms with Gasteiger partial charge in [-0.3, -0.25) is 9.59 Å². The van der Waals surface area contributed by atoms with Gasteiger partial charge in [0.05, 0.1) is 5.92 Å². The molecule has 0 radical (unpaired) electrons. The number of likely N-dealkylation sites (tertiary alicyclic amines) is 1. The van der Waals surface area contributed by atoms with Gasteiger partial charge in [0, 0.05) is 24.8 Å². The van der Waals surface area contributed by atoms with Crippen molar-refractivity contribution in [3.05, 3.63) is 30.3 Å². The first-order valence-corrected chi connectivity index (χ1v) is 11.5. The van der Waals surface area contributed by atoms with Crippen LogP contribution >= 0.6 is 0 Å². The molecule has 3 amide bonds. The van der Waals surface area contributed by atoms with Crippen molar-refractivity contribution in [2.45, 2.75) is 65.0 Å². The summed E-state index contributed by atoms with van der Waals surface area (Å²) in [6.07, 6.45) is 3.79. The number of esters is 1. The van der Waals surface area contributed by atoms with Crippen molar-refractivity contribution in [2.75, 3.05) is 18.4 Å². The van der Waals surface area contributed by atoms with Gasteiger partial charge in [-0.15, -0.1) is 0 Å². The molecule has 31 heavy (non-hydrogen) atoms. The van der Waals surface area contributed by atoms with Gasteiger partial charge in [-0.05, 0) is 50.2 Å². The van der Waals surface area contributed by atoms with Gasteiger partial charge in [0.1, 0.15) is 0 Å². The Bertz CT molecular complexity index is 769. The number of ether oxygens (including phenoxy) is 1. The highest BCUT2D eigenvalue weighted by Crippen LogP contribution is 2.29. The fourth-order valence-corrected chi connectivity index (χ4v) is 4.49. The SMILES string of the molecule is C[C@@H]1[C@H](C)CCC[C@H]1NC(=O)[C@H](C)OC(=O)[C@@H]1CCCN(C(=O)Nc2ccccc2)C1. The number of carbonyl (C=O) groups excluding carboxylic acids is 3. The number of nitrogens with one attached hydrogen (secondary N) is 2. The summed E-state index contributed by atoms with van der Waals surface area (Å²) in [6.45, 7) is 6.89. The molecule has 1 saturated carbocycles. The number of nitrogens with zero attached hydrogens (tertiary/aromatic N) is 1. The van der Waals surface area contributed by atoms with Gasteiger partial charge in [-0.1, -0.05) is 44.9 Å². The monoisotopic (exact) mass is 429 g/mol. The van der Waals surface area contributed by atoms with E-state index in [2.05, 4.69) is 24.5 Å². The molecule has 1 heterocycles. The summed E-state index contributed by atoms with van der Waals surface area (Å²) in [7, 11) is 0. The fourth-order valence-electron chi connectivity index (χ4n) is 4.49. The van der Waals surface area contributed by atoms with Crippen LogP contribution < -0.4 is 10.6 Å². The summed E-state index contributed by atoms with van der Waals surface area (Å²) in [5, 5.41) is 5.92. The van der Waals surface area contributed by atoms with Gasteiger partial charge in [0.2, 0.25) is 0 Å². The van der Waals surface area contributed by atoms with Gasteiger partial charge in [-0.2, -0.15) is 0 Å². The molecule has 1 saturated heterocycles. The Hall–Kier alpha value is -2.57. The molecule has 7 heteroatoms. The first-order chi connectivity index (χ1) is 14.8. The Labute approximate surface area is 184 Å².